The van der Waals surface area contributed by atoms with E-state index in [0.717, 1.165) is 13.3 Å². The molecule has 1 aromatic rings. The Hall–Kier alpha value is -1.92. The minimum atomic E-state index is -5.04. The lowest BCUT2D eigenvalue weighted by Crippen LogP contribution is -2.37. The summed E-state index contributed by atoms with van der Waals surface area (Å²) in [6, 6.07) is 0. The number of alkyl halides is 5. The molecule has 0 fully saturated rings. The molecule has 0 bridgehead atoms. The maximum atomic E-state index is 13.5. The Kier molecular flexibility index (Phi) is 4.98. The fourth-order valence-corrected chi connectivity index (χ4v) is 3.68. The van der Waals surface area contributed by atoms with Crippen molar-refractivity contribution in [3.63, 3.8) is 0 Å². The summed E-state index contributed by atoms with van der Waals surface area (Å²) in [4.78, 5) is 5.09. The van der Waals surface area contributed by atoms with Gasteiger partial charge in [0.25, 0.3) is 0 Å². The molecule has 0 spiro atoms. The van der Waals surface area contributed by atoms with Crippen LogP contribution in [0.3, 0.4) is 0 Å². The molecule has 2 rings (SSSR count). The minimum absolute atomic E-state index is 0.0422. The number of rotatable bonds is 4. The van der Waals surface area contributed by atoms with Crippen molar-refractivity contribution in [2.75, 3.05) is 6.26 Å². The Morgan fingerprint density at radius 1 is 1.38 bits per heavy atom. The van der Waals surface area contributed by atoms with E-state index in [-0.39, 0.29) is 6.42 Å². The van der Waals surface area contributed by atoms with Crippen molar-refractivity contribution in [3.05, 3.63) is 11.3 Å². The predicted molar refractivity (Wildman–Crippen MR) is 79.6 cm³/mol. The molecule has 148 valence electrons. The highest BCUT2D eigenvalue weighted by Gasteiger charge is 2.55. The molecule has 26 heavy (non-hydrogen) atoms. The summed E-state index contributed by atoms with van der Waals surface area (Å²) in [5.41, 5.74) is -3.92. The van der Waals surface area contributed by atoms with Crippen LogP contribution in [0.2, 0.25) is 0 Å². The first-order chi connectivity index (χ1) is 11.7. The largest absolute Gasteiger partial charge is 0.435 e. The number of sulfone groups is 1. The first-order valence-corrected chi connectivity index (χ1v) is 9.16. The Morgan fingerprint density at radius 2 is 1.96 bits per heavy atom. The van der Waals surface area contributed by atoms with E-state index in [2.05, 4.69) is 15.0 Å². The van der Waals surface area contributed by atoms with E-state index in [9.17, 15) is 30.4 Å². The molecule has 1 aliphatic rings. The van der Waals surface area contributed by atoms with Gasteiger partial charge in [-0.25, -0.2) is 13.1 Å². The van der Waals surface area contributed by atoms with Crippen LogP contribution in [-0.2, 0) is 27.9 Å². The topological polar surface area (TPSA) is 82.8 Å². The van der Waals surface area contributed by atoms with Crippen molar-refractivity contribution in [1.29, 1.82) is 0 Å². The Morgan fingerprint density at radius 3 is 2.38 bits per heavy atom. The van der Waals surface area contributed by atoms with Gasteiger partial charge in [0.2, 0.25) is 5.88 Å². The second-order valence-electron chi connectivity index (χ2n) is 5.96. The van der Waals surface area contributed by atoms with Crippen LogP contribution in [0.4, 0.5) is 22.0 Å². The van der Waals surface area contributed by atoms with Crippen molar-refractivity contribution >= 4 is 14.9 Å². The summed E-state index contributed by atoms with van der Waals surface area (Å²) in [6.45, 7) is -0.581. The zero-order chi connectivity index (χ0) is 20.1. The maximum Gasteiger partial charge on any atom is 0.435 e. The molecule has 0 aliphatic carbocycles. The molecule has 7 nitrogen and oxygen atoms in total. The van der Waals surface area contributed by atoms with Gasteiger partial charge in [-0.3, -0.25) is 0 Å². The molecule has 2 unspecified atom stereocenters. The van der Waals surface area contributed by atoms with Crippen molar-refractivity contribution in [2.45, 2.75) is 44.6 Å². The zero-order valence-electron chi connectivity index (χ0n) is 14.1. The van der Waals surface area contributed by atoms with Crippen molar-refractivity contribution in [1.82, 2.24) is 9.78 Å². The molecular weight excluding hydrogens is 389 g/mol. The van der Waals surface area contributed by atoms with Crippen LogP contribution in [0, 0.1) is 0 Å². The Balaban J connectivity index is 2.83. The number of aryl methyl sites for hydroxylation is 1. The zero-order valence-corrected chi connectivity index (χ0v) is 15.0. The molecule has 0 aromatic carbocycles. The average molecular weight is 405 g/mol. The number of hydrogen-bond acceptors (Lipinski definition) is 6. The number of nitrogens with zero attached hydrogens (tertiary/aromatic N) is 3. The summed E-state index contributed by atoms with van der Waals surface area (Å²) >= 11 is 0. The summed E-state index contributed by atoms with van der Waals surface area (Å²) in [6.07, 6.45) is -4.27. The molecule has 0 saturated carbocycles. The molecule has 2 heterocycles. The van der Waals surface area contributed by atoms with Crippen LogP contribution in [0.1, 0.15) is 37.4 Å². The summed E-state index contributed by atoms with van der Waals surface area (Å²) in [5.74, 6) is -2.53. The molecule has 2 atom stereocenters. The van der Waals surface area contributed by atoms with Gasteiger partial charge in [-0.15, -0.1) is 0 Å². The van der Waals surface area contributed by atoms with E-state index in [1.807, 2.05) is 0 Å². The smallest absolute Gasteiger partial charge is 0.417 e. The highest BCUT2D eigenvalue weighted by molar-refractivity contribution is 8.05. The second kappa shape index (κ2) is 6.35. The van der Waals surface area contributed by atoms with Gasteiger partial charge in [0, 0.05) is 13.3 Å². The lowest BCUT2D eigenvalue weighted by atomic mass is 9.82. The molecule has 1 aliphatic heterocycles. The monoisotopic (exact) mass is 405 g/mol. The molecule has 0 radical (unpaired) electrons. The first-order valence-electron chi connectivity index (χ1n) is 7.27. The van der Waals surface area contributed by atoms with Crippen LogP contribution < -0.4 is 4.74 Å². The van der Waals surface area contributed by atoms with E-state index in [0.29, 0.717) is 4.68 Å². The van der Waals surface area contributed by atoms with E-state index in [4.69, 9.17) is 4.84 Å². The lowest BCUT2D eigenvalue weighted by molar-refractivity contribution is -0.142. The van der Waals surface area contributed by atoms with Gasteiger partial charge in [-0.05, 0) is 13.3 Å². The third kappa shape index (κ3) is 3.48. The van der Waals surface area contributed by atoms with Gasteiger partial charge in [0.1, 0.15) is 5.60 Å². The standard InChI is InChI=1S/C13H16F5N3O4S/c1-5-12(2)7(9(20-25-12)26(4,22)23)6-8(13(16,17)18)19-21(3)10(6)24-11(14)15/h7,11H,5H2,1-4H3. The van der Waals surface area contributed by atoms with Crippen LogP contribution >= 0.6 is 0 Å². The van der Waals surface area contributed by atoms with E-state index >= 15 is 0 Å². The minimum Gasteiger partial charge on any atom is -0.417 e. The van der Waals surface area contributed by atoms with Crippen molar-refractivity contribution in [2.24, 2.45) is 12.2 Å². The lowest BCUT2D eigenvalue weighted by Gasteiger charge is -2.28. The Labute approximate surface area is 145 Å². The highest BCUT2D eigenvalue weighted by Crippen LogP contribution is 2.49. The number of halogens is 5. The van der Waals surface area contributed by atoms with Crippen molar-refractivity contribution in [3.8, 4) is 5.88 Å². The third-order valence-electron chi connectivity index (χ3n) is 4.07. The van der Waals surface area contributed by atoms with Gasteiger partial charge in [-0.2, -0.15) is 27.1 Å². The summed E-state index contributed by atoms with van der Waals surface area (Å²) in [7, 11) is -3.12. The second-order valence-corrected chi connectivity index (χ2v) is 7.92. The van der Waals surface area contributed by atoms with Gasteiger partial charge < -0.3 is 9.57 Å². The van der Waals surface area contributed by atoms with Crippen LogP contribution in [0.25, 0.3) is 0 Å². The van der Waals surface area contributed by atoms with E-state index in [1.165, 1.54) is 13.8 Å². The SMILES string of the molecule is CCC1(C)ON=C(S(C)(=O)=O)C1c1c(C(F)(F)F)nn(C)c1OC(F)F. The molecular formula is C13H16F5N3O4S. The normalized spacial score (nSPS) is 23.9. The van der Waals surface area contributed by atoms with Crippen LogP contribution in [0.5, 0.6) is 5.88 Å². The highest BCUT2D eigenvalue weighted by atomic mass is 32.2. The first kappa shape index (κ1) is 20.4. The maximum absolute atomic E-state index is 13.5. The van der Waals surface area contributed by atoms with Gasteiger partial charge in [-0.1, -0.05) is 12.1 Å². The summed E-state index contributed by atoms with van der Waals surface area (Å²) < 4.78 is 94.6. The Bertz CT molecular complexity index is 834. The molecule has 0 amide bonds. The fourth-order valence-electron chi connectivity index (χ4n) is 2.71. The number of ether oxygens (including phenoxy) is 1. The molecule has 0 N–H and O–H groups in total. The van der Waals surface area contributed by atoms with Crippen LogP contribution in [0.15, 0.2) is 5.16 Å². The number of oxime groups is 1. The average Bonchev–Trinajstić information content (AvgIpc) is 2.97. The quantitative estimate of drug-likeness (QED) is 0.720. The molecule has 1 aromatic heterocycles. The molecule has 13 heteroatoms. The fraction of sp³-hybridized carbons (Fsp3) is 0.692. The van der Waals surface area contributed by atoms with Gasteiger partial charge >= 0.3 is 12.8 Å². The third-order valence-corrected chi connectivity index (χ3v) is 5.14. The molecule has 0 saturated heterocycles. The van der Waals surface area contributed by atoms with E-state index in [1.54, 1.807) is 0 Å². The van der Waals surface area contributed by atoms with Gasteiger partial charge in [0.15, 0.2) is 20.6 Å². The van der Waals surface area contributed by atoms with Crippen molar-refractivity contribution < 1.29 is 39.9 Å². The van der Waals surface area contributed by atoms with Gasteiger partial charge in [0.05, 0.1) is 11.5 Å². The predicted octanol–water partition coefficient (Wildman–Crippen LogP) is 2.68. The summed E-state index contributed by atoms with van der Waals surface area (Å²) in [5, 5.41) is 5.94. The number of aromatic nitrogens is 2. The van der Waals surface area contributed by atoms with E-state index < -0.39 is 56.3 Å². The van der Waals surface area contributed by atoms with Crippen LogP contribution in [-0.4, -0.2) is 41.7 Å². The number of hydrogen-bond donors (Lipinski definition) is 0.